The van der Waals surface area contributed by atoms with E-state index < -0.39 is 49.6 Å². The minimum atomic E-state index is -5.62. The number of fused-ring (bicyclic) bond motifs is 1. The third-order valence-corrected chi connectivity index (χ3v) is 12.4. The van der Waals surface area contributed by atoms with Gasteiger partial charge >= 0.3 is 232 Å². The Balaban J connectivity index is 1.84. The van der Waals surface area contributed by atoms with E-state index in [-0.39, 0.29) is 28.1 Å². The van der Waals surface area contributed by atoms with Gasteiger partial charge < -0.3 is 0 Å². The number of nitrogen functional groups attached to an aromatic ring is 1. The number of anilines is 1. The minimum absolute atomic E-state index is 0.0905. The Hall–Kier alpha value is -0.310. The van der Waals surface area contributed by atoms with Gasteiger partial charge in [-0.1, -0.05) is 0 Å². The Kier molecular flexibility index (Phi) is 13.2. The van der Waals surface area contributed by atoms with Crippen molar-refractivity contribution in [2.75, 3.05) is 25.1 Å². The molecule has 1 amide bonds. The van der Waals surface area contributed by atoms with Crippen molar-refractivity contribution in [1.82, 2.24) is 19.9 Å². The number of hydrogen-bond acceptors (Lipinski definition) is 18. The molecule has 0 bridgehead atoms. The Bertz CT molecular complexity index is 1310. The van der Waals surface area contributed by atoms with E-state index in [0.717, 1.165) is 0 Å². The first-order valence-electron chi connectivity index (χ1n) is 11.6. The maximum atomic E-state index is 11.1. The van der Waals surface area contributed by atoms with E-state index in [1.165, 1.54) is 27.9 Å². The van der Waals surface area contributed by atoms with E-state index in [0.29, 0.717) is 16.6 Å². The number of carbonyl (C=O) groups is 1. The quantitative estimate of drug-likeness (QED) is 0.0257. The first-order valence-corrected chi connectivity index (χ1v) is 20.5. The van der Waals surface area contributed by atoms with Gasteiger partial charge in [-0.05, 0) is 0 Å². The predicted molar refractivity (Wildman–Crippen MR) is 169 cm³/mol. The summed E-state index contributed by atoms with van der Waals surface area (Å²) in [5.74, 6) is 5.92. The molecule has 1 aliphatic rings. The molecular weight excluding hydrogens is 778 g/mol. The molecule has 3 heterocycles. The van der Waals surface area contributed by atoms with E-state index in [4.69, 9.17) is 34.4 Å². The molecule has 42 heavy (non-hydrogen) atoms. The Morgan fingerprint density at radius 2 is 1.98 bits per heavy atom. The summed E-state index contributed by atoms with van der Waals surface area (Å²) in [5, 5.41) is 3.01. The molecular formula is C18H31IN5O13P3S2. The van der Waals surface area contributed by atoms with Crippen LogP contribution in [0.2, 0.25) is 0 Å². The third kappa shape index (κ3) is 10.9. The van der Waals surface area contributed by atoms with Crippen LogP contribution in [0.1, 0.15) is 25.1 Å². The van der Waals surface area contributed by atoms with E-state index in [9.17, 15) is 24.4 Å². The number of nitrogens with two attached hydrogens (primary N) is 1. The van der Waals surface area contributed by atoms with Crippen molar-refractivity contribution in [2.45, 2.75) is 37.2 Å². The van der Waals surface area contributed by atoms with Gasteiger partial charge in [-0.15, -0.1) is 0 Å². The second-order valence-corrected chi connectivity index (χ2v) is 17.4. The van der Waals surface area contributed by atoms with E-state index in [2.05, 4.69) is 35.7 Å². The normalized spacial score (nSPS) is 21.5. The summed E-state index contributed by atoms with van der Waals surface area (Å²) in [5.41, 5.74) is 6.63. The van der Waals surface area contributed by atoms with Crippen LogP contribution in [0.25, 0.3) is 11.0 Å². The fourth-order valence-corrected chi connectivity index (χ4v) is 9.41. The molecule has 1 aliphatic heterocycles. The maximum absolute atomic E-state index is 11.1. The number of amides is 1. The molecule has 0 radical (unpaired) electrons. The number of aromatic nitrogens is 3. The molecule has 0 aromatic carbocycles. The van der Waals surface area contributed by atoms with E-state index >= 15 is 0 Å². The molecule has 0 unspecified atom stereocenters. The van der Waals surface area contributed by atoms with Gasteiger partial charge in [-0.25, -0.2) is 0 Å². The molecule has 1 fully saturated rings. The summed E-state index contributed by atoms with van der Waals surface area (Å²) in [6.45, 7) is 1.31. The monoisotopic (exact) mass is 809 g/mol. The Morgan fingerprint density at radius 1 is 1.26 bits per heavy atom. The van der Waals surface area contributed by atoms with Gasteiger partial charge in [-0.3, -0.25) is 4.79 Å². The molecule has 3 rings (SSSR count). The van der Waals surface area contributed by atoms with Crippen molar-refractivity contribution in [3.8, 4) is 11.8 Å². The summed E-state index contributed by atoms with van der Waals surface area (Å²) in [6, 6.07) is 0. The SMILES string of the molecule is CSS[C@H](C)O[C@@H]1C[C@H](n2cc(C#CCNC(=O)I)c3c(N)ncnc32)O[C@@H]1CO[PH](O)(O)O[PH](O)(O)O[PH](O)(O)O. The second-order valence-electron chi connectivity index (χ2n) is 8.39. The zero-order chi connectivity index (χ0) is 31.3. The van der Waals surface area contributed by atoms with Gasteiger partial charge in [0, 0.05) is 22.6 Å². The number of rotatable bonds is 13. The molecule has 2 aromatic rings. The van der Waals surface area contributed by atoms with Crippen LogP contribution in [-0.4, -0.2) is 89.8 Å². The van der Waals surface area contributed by atoms with Crippen molar-refractivity contribution in [3.05, 3.63) is 18.1 Å². The number of nitrogens with one attached hydrogen (secondary N) is 1. The van der Waals surface area contributed by atoms with Crippen LogP contribution in [0.5, 0.6) is 0 Å². The van der Waals surface area contributed by atoms with Crippen LogP contribution in [0, 0.1) is 11.8 Å². The van der Waals surface area contributed by atoms with Crippen molar-refractivity contribution < 1.29 is 61.7 Å². The molecule has 1 saturated heterocycles. The van der Waals surface area contributed by atoms with Gasteiger partial charge in [0.2, 0.25) is 0 Å². The van der Waals surface area contributed by atoms with E-state index in [1.54, 1.807) is 40.3 Å². The second kappa shape index (κ2) is 15.3. The fourth-order valence-electron chi connectivity index (χ4n) is 3.84. The van der Waals surface area contributed by atoms with Crippen LogP contribution in [0.3, 0.4) is 0 Å². The molecule has 2 aromatic heterocycles. The van der Waals surface area contributed by atoms with Gasteiger partial charge in [0.05, 0.1) is 0 Å². The average molecular weight is 809 g/mol. The molecule has 10 N–H and O–H groups in total. The third-order valence-electron chi connectivity index (χ3n) is 5.24. The topological polar surface area (TPSA) is 274 Å². The Morgan fingerprint density at radius 3 is 2.62 bits per heavy atom. The van der Waals surface area contributed by atoms with Gasteiger partial charge in [0.1, 0.15) is 0 Å². The van der Waals surface area contributed by atoms with Crippen LogP contribution in [0.15, 0.2) is 12.5 Å². The van der Waals surface area contributed by atoms with Crippen molar-refractivity contribution in [1.29, 1.82) is 0 Å². The molecule has 0 spiro atoms. The zero-order valence-electron chi connectivity index (χ0n) is 21.8. The molecule has 240 valence electrons. The standard InChI is InChI=1S/C18H31IN5O13P3S2/c1-10(42-41-2)34-12-6-14(35-13(12)8-33-39(29,30)37-40(31,32)36-38(26,27)28)24-7-11(4-3-5-21-18(19)25)15-16(20)22-9-23-17(15)24/h7,9-10,12-14,26-32,38-40H,5-6,8H2,1-2H3,(H,21,25)(H2,20,22,23)/t10-,12-,13-,14-/m1/s1. The van der Waals surface area contributed by atoms with Crippen LogP contribution in [0.4, 0.5) is 10.6 Å². The molecule has 24 heteroatoms. The summed E-state index contributed by atoms with van der Waals surface area (Å²) < 4.78 is 26.8. The summed E-state index contributed by atoms with van der Waals surface area (Å²) in [4.78, 5) is 85.8. The van der Waals surface area contributed by atoms with Crippen molar-refractivity contribution in [2.24, 2.45) is 0 Å². The Labute approximate surface area is 262 Å². The average Bonchev–Trinajstić information content (AvgIpc) is 3.40. The summed E-state index contributed by atoms with van der Waals surface area (Å²) >= 11 is 1.59. The van der Waals surface area contributed by atoms with Gasteiger partial charge in [0.25, 0.3) is 3.91 Å². The molecule has 4 atom stereocenters. The molecule has 18 nitrogen and oxygen atoms in total. The first-order chi connectivity index (χ1) is 19.5. The molecule has 0 saturated carbocycles. The zero-order valence-corrected chi connectivity index (χ0v) is 28.6. The van der Waals surface area contributed by atoms with Crippen LogP contribution >= 0.6 is 68.7 Å². The van der Waals surface area contributed by atoms with Crippen LogP contribution in [-0.2, 0) is 22.6 Å². The van der Waals surface area contributed by atoms with Crippen LogP contribution < -0.4 is 11.1 Å². The number of halogens is 1. The van der Waals surface area contributed by atoms with Gasteiger partial charge in [-0.2, -0.15) is 0 Å². The van der Waals surface area contributed by atoms with Crippen molar-refractivity contribution >= 4 is 89.5 Å². The molecule has 0 aliphatic carbocycles. The number of hydrogen-bond donors (Lipinski definition) is 9. The number of ether oxygens (including phenoxy) is 2. The first kappa shape index (κ1) is 36.2. The number of carbonyl (C=O) groups excluding carboxylic acids is 1. The van der Waals surface area contributed by atoms with Gasteiger partial charge in [0.15, 0.2) is 0 Å². The van der Waals surface area contributed by atoms with E-state index in [1.807, 2.05) is 6.26 Å². The number of nitrogens with zero attached hydrogens (tertiary/aromatic N) is 3. The summed E-state index contributed by atoms with van der Waals surface area (Å²) in [7, 11) is -13.6. The summed E-state index contributed by atoms with van der Waals surface area (Å²) in [6.07, 6.45) is 2.60. The van der Waals surface area contributed by atoms with Crippen molar-refractivity contribution in [3.63, 3.8) is 0 Å². The fraction of sp³-hybridized carbons (Fsp3) is 0.500. The predicted octanol–water partition coefficient (Wildman–Crippen LogP) is 0.765.